The molecular weight excluding hydrogens is 334 g/mol. The van der Waals surface area contributed by atoms with Gasteiger partial charge in [-0.2, -0.15) is 0 Å². The fraction of sp³-hybridized carbons (Fsp3) is 0.235. The molecule has 0 saturated carbocycles. The smallest absolute Gasteiger partial charge is 0.118 e. The third-order valence-corrected chi connectivity index (χ3v) is 4.67. The average molecular weight is 352 g/mol. The van der Waals surface area contributed by atoms with Crippen LogP contribution in [0.2, 0.25) is 5.02 Å². The SMILES string of the molecule is CON=C(C[S@](=O)Cc1ccc(OC)cc1)c1ccc(Cl)cc1. The fourth-order valence-electron chi connectivity index (χ4n) is 2.03. The Kier molecular flexibility index (Phi) is 6.62. The highest BCUT2D eigenvalue weighted by molar-refractivity contribution is 7.85. The van der Waals surface area contributed by atoms with E-state index >= 15 is 0 Å². The Labute approximate surface area is 143 Å². The molecule has 122 valence electrons. The van der Waals surface area contributed by atoms with Gasteiger partial charge in [-0.15, -0.1) is 0 Å². The van der Waals surface area contributed by atoms with Crippen LogP contribution in [0.5, 0.6) is 5.75 Å². The van der Waals surface area contributed by atoms with Gasteiger partial charge in [-0.3, -0.25) is 4.21 Å². The Morgan fingerprint density at radius 2 is 1.74 bits per heavy atom. The largest absolute Gasteiger partial charge is 0.497 e. The summed E-state index contributed by atoms with van der Waals surface area (Å²) in [5, 5.41) is 4.64. The lowest BCUT2D eigenvalue weighted by Gasteiger charge is -2.07. The minimum Gasteiger partial charge on any atom is -0.497 e. The van der Waals surface area contributed by atoms with Crippen LogP contribution in [0, 0.1) is 0 Å². The first kappa shape index (κ1) is 17.5. The summed E-state index contributed by atoms with van der Waals surface area (Å²) in [6.45, 7) is 0. The summed E-state index contributed by atoms with van der Waals surface area (Å²) >= 11 is 5.89. The molecule has 0 aromatic heterocycles. The summed E-state index contributed by atoms with van der Waals surface area (Å²) in [7, 11) is 1.99. The van der Waals surface area contributed by atoms with Crippen LogP contribution in [0.1, 0.15) is 11.1 Å². The molecule has 0 bridgehead atoms. The number of hydrogen-bond donors (Lipinski definition) is 0. The third-order valence-electron chi connectivity index (χ3n) is 3.16. The number of ether oxygens (including phenoxy) is 1. The first-order valence-corrected chi connectivity index (χ1v) is 8.83. The molecule has 0 unspecified atom stereocenters. The number of methoxy groups -OCH3 is 1. The molecule has 1 atom stereocenters. The van der Waals surface area contributed by atoms with Crippen molar-refractivity contribution in [2.45, 2.75) is 5.75 Å². The van der Waals surface area contributed by atoms with E-state index in [-0.39, 0.29) is 0 Å². The van der Waals surface area contributed by atoms with Gasteiger partial charge in [0.2, 0.25) is 0 Å². The lowest BCUT2D eigenvalue weighted by molar-refractivity contribution is 0.213. The quantitative estimate of drug-likeness (QED) is 0.565. The Hall–Kier alpha value is -1.85. The normalized spacial score (nSPS) is 12.7. The highest BCUT2D eigenvalue weighted by Gasteiger charge is 2.11. The second-order valence-electron chi connectivity index (χ2n) is 4.80. The fourth-order valence-corrected chi connectivity index (χ4v) is 3.34. The first-order chi connectivity index (χ1) is 11.1. The maximum absolute atomic E-state index is 12.4. The molecule has 23 heavy (non-hydrogen) atoms. The number of halogens is 1. The van der Waals surface area contributed by atoms with E-state index in [1.807, 2.05) is 36.4 Å². The summed E-state index contributed by atoms with van der Waals surface area (Å²) < 4.78 is 17.5. The second kappa shape index (κ2) is 8.70. The molecular formula is C17H18ClNO3S. The van der Waals surface area contributed by atoms with Crippen LogP contribution in [0.4, 0.5) is 0 Å². The molecule has 0 fully saturated rings. The van der Waals surface area contributed by atoms with Crippen molar-refractivity contribution in [1.82, 2.24) is 0 Å². The number of oxime groups is 1. The predicted molar refractivity (Wildman–Crippen MR) is 94.7 cm³/mol. The molecule has 0 heterocycles. The van der Waals surface area contributed by atoms with Crippen LogP contribution in [-0.2, 0) is 21.4 Å². The van der Waals surface area contributed by atoms with Crippen molar-refractivity contribution in [3.05, 3.63) is 64.7 Å². The summed E-state index contributed by atoms with van der Waals surface area (Å²) in [6.07, 6.45) is 0. The van der Waals surface area contributed by atoms with Crippen molar-refractivity contribution in [2.24, 2.45) is 5.16 Å². The molecule has 0 radical (unpaired) electrons. The van der Waals surface area contributed by atoms with E-state index in [0.717, 1.165) is 16.9 Å². The molecule has 6 heteroatoms. The Morgan fingerprint density at radius 3 is 2.30 bits per heavy atom. The van der Waals surface area contributed by atoms with Gasteiger partial charge in [0.25, 0.3) is 0 Å². The predicted octanol–water partition coefficient (Wildman–Crippen LogP) is 3.65. The van der Waals surface area contributed by atoms with E-state index < -0.39 is 10.8 Å². The second-order valence-corrected chi connectivity index (χ2v) is 6.70. The van der Waals surface area contributed by atoms with Crippen molar-refractivity contribution in [3.63, 3.8) is 0 Å². The summed E-state index contributed by atoms with van der Waals surface area (Å²) in [6, 6.07) is 14.8. The van der Waals surface area contributed by atoms with Gasteiger partial charge in [0.05, 0.1) is 18.6 Å². The van der Waals surface area contributed by atoms with Gasteiger partial charge in [0.15, 0.2) is 0 Å². The molecule has 2 rings (SSSR count). The van der Waals surface area contributed by atoms with Gasteiger partial charge in [-0.25, -0.2) is 0 Å². The molecule has 0 aliphatic carbocycles. The topological polar surface area (TPSA) is 47.9 Å². The maximum Gasteiger partial charge on any atom is 0.118 e. The molecule has 0 amide bonds. The van der Waals surface area contributed by atoms with E-state index in [0.29, 0.717) is 22.2 Å². The van der Waals surface area contributed by atoms with Crippen molar-refractivity contribution < 1.29 is 13.8 Å². The molecule has 0 aliphatic rings. The highest BCUT2D eigenvalue weighted by atomic mass is 35.5. The Bertz CT molecular complexity index is 684. The van der Waals surface area contributed by atoms with E-state index in [2.05, 4.69) is 5.16 Å². The number of benzene rings is 2. The van der Waals surface area contributed by atoms with E-state index in [9.17, 15) is 4.21 Å². The summed E-state index contributed by atoms with van der Waals surface area (Å²) in [4.78, 5) is 4.87. The standard InChI is InChI=1S/C17H18ClNO3S/c1-21-16-9-3-13(4-10-16)11-23(20)12-17(19-22-2)14-5-7-15(18)8-6-14/h3-10H,11-12H2,1-2H3/t23-/m1/s1. The zero-order chi connectivity index (χ0) is 16.7. The van der Waals surface area contributed by atoms with Crippen molar-refractivity contribution >= 4 is 28.1 Å². The van der Waals surface area contributed by atoms with Crippen LogP contribution in [-0.4, -0.2) is 29.9 Å². The lowest BCUT2D eigenvalue weighted by Crippen LogP contribution is -2.14. The number of nitrogens with zero attached hydrogens (tertiary/aromatic N) is 1. The van der Waals surface area contributed by atoms with E-state index in [4.69, 9.17) is 21.2 Å². The first-order valence-electron chi connectivity index (χ1n) is 6.96. The lowest BCUT2D eigenvalue weighted by atomic mass is 10.1. The summed E-state index contributed by atoms with van der Waals surface area (Å²) in [5.74, 6) is 1.53. The minimum atomic E-state index is -1.10. The highest BCUT2D eigenvalue weighted by Crippen LogP contribution is 2.14. The molecule has 0 aliphatic heterocycles. The van der Waals surface area contributed by atoms with Gasteiger partial charge in [0.1, 0.15) is 12.9 Å². The van der Waals surface area contributed by atoms with Crippen molar-refractivity contribution in [3.8, 4) is 5.75 Å². The van der Waals surface area contributed by atoms with Gasteiger partial charge in [0, 0.05) is 27.1 Å². The van der Waals surface area contributed by atoms with Gasteiger partial charge in [-0.05, 0) is 29.8 Å². The van der Waals surface area contributed by atoms with Crippen molar-refractivity contribution in [2.75, 3.05) is 20.0 Å². The van der Waals surface area contributed by atoms with Gasteiger partial charge < -0.3 is 9.57 Å². The van der Waals surface area contributed by atoms with Gasteiger partial charge >= 0.3 is 0 Å². The molecule has 4 nitrogen and oxygen atoms in total. The average Bonchev–Trinajstić information content (AvgIpc) is 2.56. The minimum absolute atomic E-state index is 0.307. The molecule has 0 N–H and O–H groups in total. The van der Waals surface area contributed by atoms with Crippen LogP contribution >= 0.6 is 11.6 Å². The maximum atomic E-state index is 12.4. The molecule has 0 saturated heterocycles. The van der Waals surface area contributed by atoms with E-state index in [1.165, 1.54) is 7.11 Å². The Morgan fingerprint density at radius 1 is 1.09 bits per heavy atom. The van der Waals surface area contributed by atoms with E-state index in [1.54, 1.807) is 19.2 Å². The van der Waals surface area contributed by atoms with Crippen LogP contribution in [0.3, 0.4) is 0 Å². The third kappa shape index (κ3) is 5.37. The number of rotatable bonds is 7. The van der Waals surface area contributed by atoms with Gasteiger partial charge in [-0.1, -0.05) is 41.0 Å². The Balaban J connectivity index is 2.05. The molecule has 0 spiro atoms. The van der Waals surface area contributed by atoms with Crippen LogP contribution in [0.15, 0.2) is 53.7 Å². The molecule has 2 aromatic rings. The zero-order valence-corrected chi connectivity index (χ0v) is 14.6. The van der Waals surface area contributed by atoms with Crippen molar-refractivity contribution in [1.29, 1.82) is 0 Å². The zero-order valence-electron chi connectivity index (χ0n) is 13.0. The van der Waals surface area contributed by atoms with Crippen LogP contribution < -0.4 is 4.74 Å². The summed E-state index contributed by atoms with van der Waals surface area (Å²) in [5.41, 5.74) is 2.47. The van der Waals surface area contributed by atoms with Crippen LogP contribution in [0.25, 0.3) is 0 Å². The number of hydrogen-bond acceptors (Lipinski definition) is 4. The molecule has 2 aromatic carbocycles. The monoisotopic (exact) mass is 351 g/mol.